The van der Waals surface area contributed by atoms with Crippen molar-refractivity contribution in [1.29, 1.82) is 0 Å². The van der Waals surface area contributed by atoms with Gasteiger partial charge in [-0.2, -0.15) is 0 Å². The Kier molecular flexibility index (Phi) is 4.51. The summed E-state index contributed by atoms with van der Waals surface area (Å²) in [6, 6.07) is 4.78. The highest BCUT2D eigenvalue weighted by atomic mass is 35.5. The predicted octanol–water partition coefficient (Wildman–Crippen LogP) is 4.68. The van der Waals surface area contributed by atoms with Crippen LogP contribution < -0.4 is 0 Å². The zero-order valence-corrected chi connectivity index (χ0v) is 13.8. The molecule has 0 amide bonds. The van der Waals surface area contributed by atoms with Gasteiger partial charge < -0.3 is 0 Å². The Bertz CT molecular complexity index is 487. The summed E-state index contributed by atoms with van der Waals surface area (Å²) in [6.45, 7) is 14.7. The molecule has 0 saturated carbocycles. The maximum Gasteiger partial charge on any atom is 0.0430 e. The lowest BCUT2D eigenvalue weighted by Gasteiger charge is -2.32. The molecular formula is C17H26ClN. The van der Waals surface area contributed by atoms with Crippen molar-refractivity contribution in [3.8, 4) is 0 Å². The molecule has 1 aliphatic rings. The van der Waals surface area contributed by atoms with Gasteiger partial charge in [-0.05, 0) is 45.6 Å². The second kappa shape index (κ2) is 5.28. The lowest BCUT2D eigenvalue weighted by molar-refractivity contribution is 0.529. The maximum absolute atomic E-state index is 4.41. The summed E-state index contributed by atoms with van der Waals surface area (Å²) in [5.41, 5.74) is 6.11. The lowest BCUT2D eigenvalue weighted by atomic mass is 9.73. The fourth-order valence-corrected chi connectivity index (χ4v) is 2.59. The number of fused-ring (bicyclic) bond motifs is 1. The Hall–Kier alpha value is -0.820. The van der Waals surface area contributed by atoms with Crippen LogP contribution in [0.25, 0.3) is 0 Å². The van der Waals surface area contributed by atoms with Crippen LogP contribution in [0.3, 0.4) is 0 Å². The lowest BCUT2D eigenvalue weighted by Crippen LogP contribution is -2.23. The summed E-state index contributed by atoms with van der Waals surface area (Å²) < 4.78 is 0. The van der Waals surface area contributed by atoms with Crippen LogP contribution in [0.2, 0.25) is 0 Å². The van der Waals surface area contributed by atoms with E-state index < -0.39 is 0 Å². The van der Waals surface area contributed by atoms with E-state index in [0.29, 0.717) is 0 Å². The molecule has 0 aromatic heterocycles. The molecule has 2 heteroatoms. The average Bonchev–Trinajstić information content (AvgIpc) is 2.25. The van der Waals surface area contributed by atoms with E-state index >= 15 is 0 Å². The van der Waals surface area contributed by atoms with Crippen LogP contribution in [0.4, 0.5) is 0 Å². The average molecular weight is 280 g/mol. The van der Waals surface area contributed by atoms with Gasteiger partial charge in [0.05, 0.1) is 0 Å². The summed E-state index contributed by atoms with van der Waals surface area (Å²) in [5.74, 6) is 0. The zero-order chi connectivity index (χ0) is 13.6. The quantitative estimate of drug-likeness (QED) is 0.654. The molecule has 106 valence electrons. The smallest absolute Gasteiger partial charge is 0.0430 e. The van der Waals surface area contributed by atoms with Crippen molar-refractivity contribution >= 4 is 18.6 Å². The Morgan fingerprint density at radius 2 is 1.42 bits per heavy atom. The SMILES string of the molecule is CC(C)(C)c1cc2c(cc1C(C)(C)C)CCN=C2.Cl. The van der Waals surface area contributed by atoms with Crippen molar-refractivity contribution in [2.75, 3.05) is 6.54 Å². The molecule has 0 unspecified atom stereocenters. The van der Waals surface area contributed by atoms with E-state index in [4.69, 9.17) is 0 Å². The molecule has 1 aromatic carbocycles. The number of aliphatic imine (C=N–C) groups is 1. The largest absolute Gasteiger partial charge is 0.292 e. The first-order valence-electron chi connectivity index (χ1n) is 6.87. The molecule has 1 heterocycles. The van der Waals surface area contributed by atoms with Gasteiger partial charge in [0.25, 0.3) is 0 Å². The van der Waals surface area contributed by atoms with Crippen LogP contribution in [0, 0.1) is 0 Å². The molecule has 0 aliphatic carbocycles. The van der Waals surface area contributed by atoms with Crippen LogP contribution >= 0.6 is 12.4 Å². The molecule has 1 nitrogen and oxygen atoms in total. The monoisotopic (exact) mass is 279 g/mol. The highest BCUT2D eigenvalue weighted by Crippen LogP contribution is 2.36. The summed E-state index contributed by atoms with van der Waals surface area (Å²) >= 11 is 0. The van der Waals surface area contributed by atoms with Gasteiger partial charge in [0, 0.05) is 12.8 Å². The van der Waals surface area contributed by atoms with E-state index in [0.717, 1.165) is 13.0 Å². The zero-order valence-electron chi connectivity index (χ0n) is 13.0. The molecule has 1 aliphatic heterocycles. The number of hydrogen-bond donors (Lipinski definition) is 0. The molecule has 19 heavy (non-hydrogen) atoms. The highest BCUT2D eigenvalue weighted by Gasteiger charge is 2.26. The van der Waals surface area contributed by atoms with Crippen molar-refractivity contribution in [2.24, 2.45) is 4.99 Å². The molecule has 2 rings (SSSR count). The molecule has 0 spiro atoms. The van der Waals surface area contributed by atoms with E-state index in [1.165, 1.54) is 22.3 Å². The first kappa shape index (κ1) is 16.2. The van der Waals surface area contributed by atoms with Gasteiger partial charge in [0.15, 0.2) is 0 Å². The molecule has 0 fully saturated rings. The summed E-state index contributed by atoms with van der Waals surface area (Å²) in [4.78, 5) is 4.41. The van der Waals surface area contributed by atoms with Crippen molar-refractivity contribution in [3.05, 3.63) is 34.4 Å². The third-order valence-corrected chi connectivity index (χ3v) is 3.64. The molecule has 0 N–H and O–H groups in total. The molecule has 0 radical (unpaired) electrons. The van der Waals surface area contributed by atoms with Crippen LogP contribution in [-0.4, -0.2) is 12.8 Å². The van der Waals surface area contributed by atoms with E-state index in [9.17, 15) is 0 Å². The number of nitrogens with zero attached hydrogens (tertiary/aromatic N) is 1. The van der Waals surface area contributed by atoms with Crippen molar-refractivity contribution < 1.29 is 0 Å². The third kappa shape index (κ3) is 3.39. The minimum absolute atomic E-state index is 0. The van der Waals surface area contributed by atoms with Gasteiger partial charge in [-0.1, -0.05) is 47.6 Å². The fourth-order valence-electron chi connectivity index (χ4n) is 2.59. The minimum Gasteiger partial charge on any atom is -0.292 e. The summed E-state index contributed by atoms with van der Waals surface area (Å²) in [5, 5.41) is 0. The van der Waals surface area contributed by atoms with E-state index in [-0.39, 0.29) is 23.2 Å². The molecule has 0 bridgehead atoms. The Morgan fingerprint density at radius 1 is 0.895 bits per heavy atom. The van der Waals surface area contributed by atoms with Crippen LogP contribution in [0.5, 0.6) is 0 Å². The second-order valence-corrected chi connectivity index (χ2v) is 7.38. The van der Waals surface area contributed by atoms with Crippen LogP contribution in [0.15, 0.2) is 17.1 Å². The number of halogens is 1. The molecule has 0 atom stereocenters. The molecule has 1 aromatic rings. The van der Waals surface area contributed by atoms with Crippen molar-refractivity contribution in [2.45, 2.75) is 58.8 Å². The predicted molar refractivity (Wildman–Crippen MR) is 87.3 cm³/mol. The molecule has 0 saturated heterocycles. The van der Waals surface area contributed by atoms with Gasteiger partial charge in [-0.25, -0.2) is 0 Å². The standard InChI is InChI=1S/C17H25N.ClH/c1-16(2,3)14-9-12-7-8-18-11-13(12)10-15(14)17(4,5)6;/h9-11H,7-8H2,1-6H3;1H. The van der Waals surface area contributed by atoms with Gasteiger partial charge >= 0.3 is 0 Å². The molecular weight excluding hydrogens is 254 g/mol. The third-order valence-electron chi connectivity index (χ3n) is 3.64. The van der Waals surface area contributed by atoms with Gasteiger partial charge in [-0.3, -0.25) is 4.99 Å². The fraction of sp³-hybridized carbons (Fsp3) is 0.588. The number of benzene rings is 1. The summed E-state index contributed by atoms with van der Waals surface area (Å²) in [7, 11) is 0. The Morgan fingerprint density at radius 3 is 1.95 bits per heavy atom. The maximum atomic E-state index is 4.41. The number of hydrogen-bond acceptors (Lipinski definition) is 1. The van der Waals surface area contributed by atoms with Gasteiger partial charge in [0.1, 0.15) is 0 Å². The Labute approximate surface area is 123 Å². The first-order valence-corrected chi connectivity index (χ1v) is 6.87. The van der Waals surface area contributed by atoms with Crippen LogP contribution in [0.1, 0.15) is 63.8 Å². The van der Waals surface area contributed by atoms with Gasteiger partial charge in [0.2, 0.25) is 0 Å². The van der Waals surface area contributed by atoms with E-state index in [1.54, 1.807) is 0 Å². The van der Waals surface area contributed by atoms with Crippen LogP contribution in [-0.2, 0) is 17.3 Å². The van der Waals surface area contributed by atoms with Crippen molar-refractivity contribution in [3.63, 3.8) is 0 Å². The Balaban J connectivity index is 0.00000180. The highest BCUT2D eigenvalue weighted by molar-refractivity contribution is 5.85. The summed E-state index contributed by atoms with van der Waals surface area (Å²) in [6.07, 6.45) is 3.12. The van der Waals surface area contributed by atoms with E-state index in [1.807, 2.05) is 6.21 Å². The van der Waals surface area contributed by atoms with Crippen molar-refractivity contribution in [1.82, 2.24) is 0 Å². The first-order chi connectivity index (χ1) is 8.19. The minimum atomic E-state index is 0. The topological polar surface area (TPSA) is 12.4 Å². The number of rotatable bonds is 0. The van der Waals surface area contributed by atoms with Gasteiger partial charge in [-0.15, -0.1) is 12.4 Å². The van der Waals surface area contributed by atoms with E-state index in [2.05, 4.69) is 58.7 Å². The second-order valence-electron chi connectivity index (χ2n) is 7.38. The normalized spacial score (nSPS) is 14.8.